The summed E-state index contributed by atoms with van der Waals surface area (Å²) < 4.78 is 6.76. The summed E-state index contributed by atoms with van der Waals surface area (Å²) in [6.07, 6.45) is 4.62. The molecule has 5 heteroatoms. The Kier molecular flexibility index (Phi) is 3.31. The van der Waals surface area contributed by atoms with Crippen LogP contribution in [0.15, 0.2) is 36.7 Å². The lowest BCUT2D eigenvalue weighted by Gasteiger charge is -2.21. The van der Waals surface area contributed by atoms with Gasteiger partial charge in [0.1, 0.15) is 5.75 Å². The van der Waals surface area contributed by atoms with Gasteiger partial charge in [-0.3, -0.25) is 0 Å². The Hall–Kier alpha value is -1.37. The van der Waals surface area contributed by atoms with Gasteiger partial charge in [-0.15, -0.1) is 0 Å². The van der Waals surface area contributed by atoms with Crippen molar-refractivity contribution in [3.8, 4) is 5.75 Å². The van der Waals surface area contributed by atoms with E-state index in [1.54, 1.807) is 0 Å². The van der Waals surface area contributed by atoms with Crippen LogP contribution in [0.25, 0.3) is 0 Å². The molecular formula is C13H12IN3O. The first-order valence-electron chi connectivity index (χ1n) is 5.81. The molecule has 3 rings (SSSR count). The number of benzene rings is 1. The number of rotatable bonds is 1. The van der Waals surface area contributed by atoms with Gasteiger partial charge in [-0.1, -0.05) is 12.1 Å². The van der Waals surface area contributed by atoms with Crippen LogP contribution >= 0.6 is 22.6 Å². The predicted octanol–water partition coefficient (Wildman–Crippen LogP) is 3.00. The summed E-state index contributed by atoms with van der Waals surface area (Å²) >= 11 is 2.21. The number of anilines is 2. The Morgan fingerprint density at radius 2 is 1.94 bits per heavy atom. The molecule has 0 aliphatic carbocycles. The van der Waals surface area contributed by atoms with E-state index in [0.717, 1.165) is 40.5 Å². The van der Waals surface area contributed by atoms with Crippen molar-refractivity contribution in [3.63, 3.8) is 0 Å². The molecule has 4 nitrogen and oxygen atoms in total. The van der Waals surface area contributed by atoms with Crippen molar-refractivity contribution in [1.29, 1.82) is 0 Å². The third kappa shape index (κ3) is 2.27. The second-order valence-electron chi connectivity index (χ2n) is 4.02. The summed E-state index contributed by atoms with van der Waals surface area (Å²) in [4.78, 5) is 10.9. The SMILES string of the molecule is Ic1cnc(N2CCCOc3ccccc32)nc1. The van der Waals surface area contributed by atoms with E-state index in [9.17, 15) is 0 Å². The van der Waals surface area contributed by atoms with Crippen LogP contribution < -0.4 is 9.64 Å². The van der Waals surface area contributed by atoms with Gasteiger partial charge in [-0.25, -0.2) is 9.97 Å². The van der Waals surface area contributed by atoms with Gasteiger partial charge >= 0.3 is 0 Å². The average molecular weight is 353 g/mol. The Bertz CT molecular complexity index is 544. The summed E-state index contributed by atoms with van der Waals surface area (Å²) in [5, 5.41) is 0. The molecule has 1 aliphatic heterocycles. The van der Waals surface area contributed by atoms with Gasteiger partial charge < -0.3 is 9.64 Å². The Balaban J connectivity index is 2.03. The topological polar surface area (TPSA) is 38.2 Å². The summed E-state index contributed by atoms with van der Waals surface area (Å²) in [6, 6.07) is 8.02. The Morgan fingerprint density at radius 1 is 1.17 bits per heavy atom. The molecule has 0 saturated heterocycles. The van der Waals surface area contributed by atoms with Gasteiger partial charge in [0, 0.05) is 22.5 Å². The molecule has 0 fully saturated rings. The van der Waals surface area contributed by atoms with Gasteiger partial charge in [0.05, 0.1) is 12.3 Å². The van der Waals surface area contributed by atoms with Crippen LogP contribution in [0.5, 0.6) is 5.75 Å². The molecule has 0 bridgehead atoms. The number of nitrogens with zero attached hydrogens (tertiary/aromatic N) is 3. The van der Waals surface area contributed by atoms with E-state index in [2.05, 4.69) is 37.5 Å². The fraction of sp³-hybridized carbons (Fsp3) is 0.231. The summed E-state index contributed by atoms with van der Waals surface area (Å²) in [5.74, 6) is 1.63. The molecule has 1 aromatic carbocycles. The second-order valence-corrected chi connectivity index (χ2v) is 5.27. The van der Waals surface area contributed by atoms with Gasteiger partial charge in [0.2, 0.25) is 5.95 Å². The second kappa shape index (κ2) is 5.09. The molecular weight excluding hydrogens is 341 g/mol. The minimum absolute atomic E-state index is 0.730. The van der Waals surface area contributed by atoms with E-state index in [-0.39, 0.29) is 0 Å². The van der Waals surface area contributed by atoms with Crippen LogP contribution in [0, 0.1) is 3.57 Å². The zero-order valence-electron chi connectivity index (χ0n) is 9.71. The molecule has 1 aliphatic rings. The summed E-state index contributed by atoms with van der Waals surface area (Å²) in [5.41, 5.74) is 1.04. The number of aromatic nitrogens is 2. The normalized spacial score (nSPS) is 14.6. The lowest BCUT2D eigenvalue weighted by Crippen LogP contribution is -2.20. The van der Waals surface area contributed by atoms with Gasteiger partial charge in [0.25, 0.3) is 0 Å². The first kappa shape index (κ1) is 11.7. The zero-order chi connectivity index (χ0) is 12.4. The van der Waals surface area contributed by atoms with E-state index in [1.165, 1.54) is 0 Å². The third-order valence-electron chi connectivity index (χ3n) is 2.79. The standard InChI is InChI=1S/C13H12IN3O/c14-10-8-15-13(16-9-10)17-6-3-7-18-12-5-2-1-4-11(12)17/h1-2,4-5,8-9H,3,6-7H2. The molecule has 0 radical (unpaired) electrons. The molecule has 1 aromatic heterocycles. The van der Waals surface area contributed by atoms with Crippen molar-refractivity contribution < 1.29 is 4.74 Å². The molecule has 92 valence electrons. The van der Waals surface area contributed by atoms with Crippen molar-refractivity contribution in [2.75, 3.05) is 18.1 Å². The van der Waals surface area contributed by atoms with Crippen molar-refractivity contribution in [2.24, 2.45) is 0 Å². The minimum Gasteiger partial charge on any atom is -0.491 e. The molecule has 0 saturated carbocycles. The van der Waals surface area contributed by atoms with Gasteiger partial charge in [-0.05, 0) is 41.1 Å². The molecule has 0 unspecified atom stereocenters. The van der Waals surface area contributed by atoms with Crippen LogP contribution in [-0.4, -0.2) is 23.1 Å². The molecule has 2 aromatic rings. The van der Waals surface area contributed by atoms with Gasteiger partial charge in [0.15, 0.2) is 0 Å². The zero-order valence-corrected chi connectivity index (χ0v) is 11.9. The maximum atomic E-state index is 5.73. The van der Waals surface area contributed by atoms with E-state index >= 15 is 0 Å². The maximum Gasteiger partial charge on any atom is 0.229 e. The van der Waals surface area contributed by atoms with E-state index in [0.29, 0.717) is 0 Å². The number of halogens is 1. The van der Waals surface area contributed by atoms with Crippen LogP contribution in [0.1, 0.15) is 6.42 Å². The Morgan fingerprint density at radius 3 is 2.78 bits per heavy atom. The third-order valence-corrected chi connectivity index (χ3v) is 3.34. The first-order chi connectivity index (χ1) is 8.84. The van der Waals surface area contributed by atoms with Crippen molar-refractivity contribution in [2.45, 2.75) is 6.42 Å². The largest absolute Gasteiger partial charge is 0.491 e. The van der Waals surface area contributed by atoms with Crippen LogP contribution in [0.4, 0.5) is 11.6 Å². The lowest BCUT2D eigenvalue weighted by molar-refractivity contribution is 0.322. The maximum absolute atomic E-state index is 5.73. The van der Waals surface area contributed by atoms with E-state index in [1.807, 2.05) is 36.7 Å². The van der Waals surface area contributed by atoms with Crippen molar-refractivity contribution >= 4 is 34.2 Å². The van der Waals surface area contributed by atoms with E-state index < -0.39 is 0 Å². The average Bonchev–Trinajstić information content (AvgIpc) is 2.62. The van der Waals surface area contributed by atoms with Crippen LogP contribution in [-0.2, 0) is 0 Å². The van der Waals surface area contributed by atoms with Crippen LogP contribution in [0.3, 0.4) is 0 Å². The number of ether oxygens (including phenoxy) is 1. The van der Waals surface area contributed by atoms with Crippen molar-refractivity contribution in [1.82, 2.24) is 9.97 Å². The minimum atomic E-state index is 0.730. The van der Waals surface area contributed by atoms with Crippen molar-refractivity contribution in [3.05, 3.63) is 40.2 Å². The Labute approximate surface area is 119 Å². The molecule has 18 heavy (non-hydrogen) atoms. The lowest BCUT2D eigenvalue weighted by atomic mass is 10.2. The number of hydrogen-bond acceptors (Lipinski definition) is 4. The quantitative estimate of drug-likeness (QED) is 0.739. The molecule has 2 heterocycles. The smallest absolute Gasteiger partial charge is 0.229 e. The molecule has 0 spiro atoms. The summed E-state index contributed by atoms with van der Waals surface area (Å²) in [6.45, 7) is 1.61. The molecule has 0 amide bonds. The fourth-order valence-corrected chi connectivity index (χ4v) is 2.26. The highest BCUT2D eigenvalue weighted by molar-refractivity contribution is 14.1. The fourth-order valence-electron chi connectivity index (χ4n) is 1.98. The number of hydrogen-bond donors (Lipinski definition) is 0. The highest BCUT2D eigenvalue weighted by Crippen LogP contribution is 2.33. The highest BCUT2D eigenvalue weighted by atomic mass is 127. The summed E-state index contributed by atoms with van der Waals surface area (Å²) in [7, 11) is 0. The predicted molar refractivity (Wildman–Crippen MR) is 78.3 cm³/mol. The number of para-hydroxylation sites is 2. The molecule has 0 N–H and O–H groups in total. The number of fused-ring (bicyclic) bond motifs is 1. The van der Waals surface area contributed by atoms with Crippen LogP contribution in [0.2, 0.25) is 0 Å². The highest BCUT2D eigenvalue weighted by Gasteiger charge is 2.18. The van der Waals surface area contributed by atoms with E-state index in [4.69, 9.17) is 4.74 Å². The monoisotopic (exact) mass is 353 g/mol. The first-order valence-corrected chi connectivity index (χ1v) is 6.89. The molecule has 0 atom stereocenters. The van der Waals surface area contributed by atoms with Gasteiger partial charge in [-0.2, -0.15) is 0 Å².